The first-order valence-electron chi connectivity index (χ1n) is 10.3. The summed E-state index contributed by atoms with van der Waals surface area (Å²) in [7, 11) is 0. The Morgan fingerprint density at radius 2 is 1.97 bits per heavy atom. The van der Waals surface area contributed by atoms with Crippen LogP contribution in [0.25, 0.3) is 10.2 Å². The van der Waals surface area contributed by atoms with Gasteiger partial charge in [0.05, 0.1) is 21.4 Å². The maximum atomic E-state index is 13.0. The van der Waals surface area contributed by atoms with Crippen LogP contribution in [-0.2, 0) is 12.8 Å². The van der Waals surface area contributed by atoms with Gasteiger partial charge in [0.15, 0.2) is 0 Å². The van der Waals surface area contributed by atoms with E-state index in [2.05, 4.69) is 10.1 Å². The van der Waals surface area contributed by atoms with E-state index < -0.39 is 4.92 Å². The molecule has 10 heteroatoms. The number of nitro benzene ring substituents is 1. The number of thiophene rings is 1. The minimum atomic E-state index is -0.424. The normalized spacial score (nSPS) is 13.5. The molecule has 5 rings (SSSR count). The van der Waals surface area contributed by atoms with Gasteiger partial charge in [-0.15, -0.1) is 11.3 Å². The van der Waals surface area contributed by atoms with Crippen molar-refractivity contribution in [2.24, 2.45) is 5.10 Å². The van der Waals surface area contributed by atoms with E-state index in [-0.39, 0.29) is 11.2 Å². The molecule has 2 heterocycles. The summed E-state index contributed by atoms with van der Waals surface area (Å²) in [5, 5.41) is 17.2. The van der Waals surface area contributed by atoms with E-state index in [1.54, 1.807) is 35.6 Å². The standard InChI is InChI=1S/C23H17ClN4O3S2/c24-15-6-8-16(9-7-15)32-20-10-5-14(11-18(20)28(30)31)12-26-27-13-25-22-21(23(27)29)17-3-1-2-4-19(17)33-22/h5-13H,1-4H2/b26-12+. The first kappa shape index (κ1) is 21.8. The molecule has 33 heavy (non-hydrogen) atoms. The molecule has 0 radical (unpaired) electrons. The van der Waals surface area contributed by atoms with E-state index in [4.69, 9.17) is 11.6 Å². The summed E-state index contributed by atoms with van der Waals surface area (Å²) in [6, 6.07) is 12.0. The number of fused-ring (bicyclic) bond motifs is 3. The molecule has 0 bridgehead atoms. The fraction of sp³-hybridized carbons (Fsp3) is 0.174. The van der Waals surface area contributed by atoms with Crippen LogP contribution in [0.4, 0.5) is 5.69 Å². The van der Waals surface area contributed by atoms with Crippen LogP contribution in [0.1, 0.15) is 28.8 Å². The molecule has 0 spiro atoms. The second-order valence-electron chi connectivity index (χ2n) is 7.57. The van der Waals surface area contributed by atoms with Gasteiger partial charge in [0.1, 0.15) is 11.2 Å². The van der Waals surface area contributed by atoms with Crippen molar-refractivity contribution in [3.63, 3.8) is 0 Å². The number of halogens is 1. The summed E-state index contributed by atoms with van der Waals surface area (Å²) in [5.74, 6) is 0. The molecule has 2 aromatic heterocycles. The highest BCUT2D eigenvalue weighted by molar-refractivity contribution is 7.99. The van der Waals surface area contributed by atoms with Crippen molar-refractivity contribution in [2.75, 3.05) is 0 Å². The third-order valence-corrected chi connectivity index (χ3v) is 7.94. The van der Waals surface area contributed by atoms with Crippen LogP contribution in [0.2, 0.25) is 5.02 Å². The topological polar surface area (TPSA) is 90.4 Å². The summed E-state index contributed by atoms with van der Waals surface area (Å²) in [4.78, 5) is 32.0. The molecule has 0 aliphatic heterocycles. The van der Waals surface area contributed by atoms with Crippen LogP contribution >= 0.6 is 34.7 Å². The molecule has 0 unspecified atom stereocenters. The summed E-state index contributed by atoms with van der Waals surface area (Å²) in [5.41, 5.74) is 1.37. The van der Waals surface area contributed by atoms with Gasteiger partial charge in [-0.2, -0.15) is 9.78 Å². The van der Waals surface area contributed by atoms with Crippen molar-refractivity contribution in [3.05, 3.63) is 90.3 Å². The Morgan fingerprint density at radius 3 is 2.76 bits per heavy atom. The van der Waals surface area contributed by atoms with Crippen molar-refractivity contribution in [2.45, 2.75) is 35.5 Å². The largest absolute Gasteiger partial charge is 0.283 e. The minimum absolute atomic E-state index is 0.0354. The van der Waals surface area contributed by atoms with E-state index in [1.807, 2.05) is 12.1 Å². The van der Waals surface area contributed by atoms with E-state index in [1.165, 1.54) is 39.9 Å². The predicted octanol–water partition coefficient (Wildman–Crippen LogP) is 5.93. The van der Waals surface area contributed by atoms with Gasteiger partial charge in [0, 0.05) is 26.4 Å². The second-order valence-corrected chi connectivity index (χ2v) is 10.2. The van der Waals surface area contributed by atoms with Crippen LogP contribution < -0.4 is 5.56 Å². The Morgan fingerprint density at radius 1 is 1.18 bits per heavy atom. The smallest absolute Gasteiger partial charge is 0.267 e. The lowest BCUT2D eigenvalue weighted by Crippen LogP contribution is -2.18. The van der Waals surface area contributed by atoms with Crippen molar-refractivity contribution >= 4 is 56.8 Å². The number of hydrogen-bond donors (Lipinski definition) is 0. The summed E-state index contributed by atoms with van der Waals surface area (Å²) >= 11 is 8.78. The van der Waals surface area contributed by atoms with Gasteiger partial charge in [-0.25, -0.2) is 4.98 Å². The highest BCUT2D eigenvalue weighted by Gasteiger charge is 2.20. The van der Waals surface area contributed by atoms with Gasteiger partial charge in [-0.05, 0) is 61.6 Å². The second kappa shape index (κ2) is 9.09. The zero-order valence-electron chi connectivity index (χ0n) is 17.2. The first-order valence-corrected chi connectivity index (χ1v) is 12.3. The van der Waals surface area contributed by atoms with E-state index in [0.29, 0.717) is 20.9 Å². The minimum Gasteiger partial charge on any atom is -0.267 e. The summed E-state index contributed by atoms with van der Waals surface area (Å²) in [6.45, 7) is 0. The van der Waals surface area contributed by atoms with Gasteiger partial charge in [0.2, 0.25) is 0 Å². The molecule has 166 valence electrons. The monoisotopic (exact) mass is 496 g/mol. The molecule has 4 aromatic rings. The lowest BCUT2D eigenvalue weighted by molar-refractivity contribution is -0.387. The lowest BCUT2D eigenvalue weighted by Gasteiger charge is -2.09. The van der Waals surface area contributed by atoms with Crippen LogP contribution in [-0.4, -0.2) is 20.8 Å². The molecule has 7 nitrogen and oxygen atoms in total. The molecule has 0 fully saturated rings. The number of nitrogens with zero attached hydrogens (tertiary/aromatic N) is 4. The van der Waals surface area contributed by atoms with Crippen LogP contribution in [0.5, 0.6) is 0 Å². The molecule has 1 aliphatic carbocycles. The summed E-state index contributed by atoms with van der Waals surface area (Å²) < 4.78 is 1.20. The maximum Gasteiger partial charge on any atom is 0.283 e. The Kier molecular flexibility index (Phi) is 6.01. The van der Waals surface area contributed by atoms with Crippen molar-refractivity contribution in [1.82, 2.24) is 9.66 Å². The van der Waals surface area contributed by atoms with E-state index in [0.717, 1.165) is 41.0 Å². The first-order chi connectivity index (χ1) is 16.0. The number of aromatic nitrogens is 2. The average molecular weight is 497 g/mol. The van der Waals surface area contributed by atoms with Crippen molar-refractivity contribution in [3.8, 4) is 0 Å². The molecule has 0 atom stereocenters. The van der Waals surface area contributed by atoms with Crippen molar-refractivity contribution < 1.29 is 4.92 Å². The highest BCUT2D eigenvalue weighted by Crippen LogP contribution is 2.36. The van der Waals surface area contributed by atoms with Crippen molar-refractivity contribution in [1.29, 1.82) is 0 Å². The SMILES string of the molecule is O=c1c2c3c(sc2ncn1/N=C/c1ccc(Sc2ccc(Cl)cc2)c([N+](=O)[O-])c1)CCCC3. The highest BCUT2D eigenvalue weighted by atomic mass is 35.5. The fourth-order valence-electron chi connectivity index (χ4n) is 3.82. The molecule has 1 aliphatic rings. The fourth-order valence-corrected chi connectivity index (χ4v) is 6.07. The molecule has 0 saturated carbocycles. The Bertz CT molecular complexity index is 1460. The van der Waals surface area contributed by atoms with E-state index >= 15 is 0 Å². The number of nitro groups is 1. The van der Waals surface area contributed by atoms with Gasteiger partial charge >= 0.3 is 0 Å². The molecule has 0 amide bonds. The van der Waals surface area contributed by atoms with Gasteiger partial charge in [0.25, 0.3) is 11.2 Å². The third-order valence-electron chi connectivity index (χ3n) is 5.41. The Balaban J connectivity index is 1.46. The van der Waals surface area contributed by atoms with Gasteiger partial charge in [-0.1, -0.05) is 29.4 Å². The molecule has 2 aromatic carbocycles. The lowest BCUT2D eigenvalue weighted by atomic mass is 9.97. The van der Waals surface area contributed by atoms with Crippen LogP contribution in [0.15, 0.2) is 68.5 Å². The Labute approximate surface area is 201 Å². The zero-order chi connectivity index (χ0) is 22.9. The van der Waals surface area contributed by atoms with Crippen LogP contribution in [0, 0.1) is 10.1 Å². The summed E-state index contributed by atoms with van der Waals surface area (Å²) in [6.07, 6.45) is 6.93. The molecular formula is C23H17ClN4O3S2. The number of benzene rings is 2. The van der Waals surface area contributed by atoms with Gasteiger partial charge in [-0.3, -0.25) is 14.9 Å². The Hall–Kier alpha value is -3.01. The number of aryl methyl sites for hydroxylation is 2. The van der Waals surface area contributed by atoms with E-state index in [9.17, 15) is 14.9 Å². The quantitative estimate of drug-likeness (QED) is 0.194. The molecule has 0 N–H and O–H groups in total. The number of hydrogen-bond acceptors (Lipinski definition) is 7. The van der Waals surface area contributed by atoms with Gasteiger partial charge < -0.3 is 0 Å². The molecular weight excluding hydrogens is 480 g/mol. The zero-order valence-corrected chi connectivity index (χ0v) is 19.6. The molecule has 0 saturated heterocycles. The van der Waals surface area contributed by atoms with Crippen LogP contribution in [0.3, 0.4) is 0 Å². The predicted molar refractivity (Wildman–Crippen MR) is 132 cm³/mol. The number of rotatable bonds is 5. The maximum absolute atomic E-state index is 13.0. The third kappa shape index (κ3) is 4.44. The average Bonchev–Trinajstić information content (AvgIpc) is 3.20.